The Hall–Kier alpha value is -0.100. The molecule has 0 bridgehead atoms. The minimum Gasteiger partial charge on any atom is -0.306 e. The zero-order valence-corrected chi connectivity index (χ0v) is 10.4. The van der Waals surface area contributed by atoms with Gasteiger partial charge < -0.3 is 5.32 Å². The topological polar surface area (TPSA) is 12.0 Å². The van der Waals surface area contributed by atoms with Crippen LogP contribution in [0.4, 0.5) is 8.78 Å². The van der Waals surface area contributed by atoms with Crippen molar-refractivity contribution >= 4 is 23.8 Å². The summed E-state index contributed by atoms with van der Waals surface area (Å²) in [6, 6.07) is 4.46. The van der Waals surface area contributed by atoms with Crippen LogP contribution in [0.1, 0.15) is 18.0 Å². The molecular weight excluding hydrogens is 234 g/mol. The Balaban J connectivity index is 2.27. The number of rotatable bonds is 1. The number of nitrogens with one attached hydrogen (secondary N) is 1. The van der Waals surface area contributed by atoms with Crippen LogP contribution in [-0.2, 0) is 0 Å². The van der Waals surface area contributed by atoms with E-state index >= 15 is 0 Å². The lowest BCUT2D eigenvalue weighted by atomic mass is 10.0. The summed E-state index contributed by atoms with van der Waals surface area (Å²) in [6.45, 7) is 0.295. The SMILES string of the molecule is Fc1ccc(P)c(C2CC(F)(P)CN2)c1. The van der Waals surface area contributed by atoms with Crippen molar-refractivity contribution < 1.29 is 8.78 Å². The average Bonchev–Trinajstić information content (AvgIpc) is 2.50. The van der Waals surface area contributed by atoms with E-state index in [2.05, 4.69) is 23.8 Å². The van der Waals surface area contributed by atoms with Gasteiger partial charge in [-0.25, -0.2) is 8.78 Å². The van der Waals surface area contributed by atoms with Crippen LogP contribution in [0.3, 0.4) is 0 Å². The van der Waals surface area contributed by atoms with Crippen molar-refractivity contribution in [2.75, 3.05) is 6.54 Å². The Kier molecular flexibility index (Phi) is 3.07. The van der Waals surface area contributed by atoms with Crippen molar-refractivity contribution in [1.82, 2.24) is 5.32 Å². The molecule has 15 heavy (non-hydrogen) atoms. The summed E-state index contributed by atoms with van der Waals surface area (Å²) in [6.07, 6.45) is 0.364. The summed E-state index contributed by atoms with van der Waals surface area (Å²) in [4.78, 5) is 0. The van der Waals surface area contributed by atoms with Crippen LogP contribution in [-0.4, -0.2) is 12.0 Å². The van der Waals surface area contributed by atoms with Gasteiger partial charge in [-0.1, -0.05) is 15.3 Å². The molecule has 1 N–H and O–H groups in total. The third kappa shape index (κ3) is 2.53. The van der Waals surface area contributed by atoms with Crippen LogP contribution in [0, 0.1) is 5.82 Å². The van der Waals surface area contributed by atoms with Gasteiger partial charge in [0.25, 0.3) is 0 Å². The van der Waals surface area contributed by atoms with E-state index in [4.69, 9.17) is 0 Å². The lowest BCUT2D eigenvalue weighted by Crippen LogP contribution is -2.19. The molecule has 1 heterocycles. The van der Waals surface area contributed by atoms with E-state index in [1.807, 2.05) is 0 Å². The minimum atomic E-state index is -1.27. The van der Waals surface area contributed by atoms with Crippen molar-refractivity contribution in [2.24, 2.45) is 0 Å². The van der Waals surface area contributed by atoms with Gasteiger partial charge in [-0.15, -0.1) is 9.24 Å². The standard InChI is InChI=1S/C10H13F2NP2/c11-6-1-2-9(14)7(3-6)8-4-10(12,15)5-13-8/h1-3,8,13H,4-5,14-15H2. The van der Waals surface area contributed by atoms with Gasteiger partial charge in [0.05, 0.1) is 0 Å². The zero-order valence-electron chi connectivity index (χ0n) is 8.13. The van der Waals surface area contributed by atoms with Gasteiger partial charge in [0.15, 0.2) is 0 Å². The van der Waals surface area contributed by atoms with E-state index in [9.17, 15) is 8.78 Å². The molecule has 0 saturated carbocycles. The fourth-order valence-corrected chi connectivity index (χ4v) is 2.58. The fourth-order valence-electron chi connectivity index (χ4n) is 1.84. The van der Waals surface area contributed by atoms with Crippen LogP contribution in [0.2, 0.25) is 0 Å². The predicted molar refractivity (Wildman–Crippen MR) is 64.7 cm³/mol. The molecule has 0 radical (unpaired) electrons. The molecule has 4 unspecified atom stereocenters. The Labute approximate surface area is 92.4 Å². The molecule has 1 aromatic rings. The molecule has 0 aromatic heterocycles. The largest absolute Gasteiger partial charge is 0.306 e. The molecule has 1 fully saturated rings. The van der Waals surface area contributed by atoms with Crippen LogP contribution in [0.5, 0.6) is 0 Å². The van der Waals surface area contributed by atoms with Crippen LogP contribution in [0.15, 0.2) is 18.2 Å². The van der Waals surface area contributed by atoms with E-state index in [-0.39, 0.29) is 11.9 Å². The molecule has 1 saturated heterocycles. The molecule has 0 amide bonds. The highest BCUT2D eigenvalue weighted by atomic mass is 31.0. The molecule has 0 spiro atoms. The van der Waals surface area contributed by atoms with Crippen molar-refractivity contribution in [3.63, 3.8) is 0 Å². The smallest absolute Gasteiger partial charge is 0.137 e. The maximum Gasteiger partial charge on any atom is 0.137 e. The van der Waals surface area contributed by atoms with Crippen molar-refractivity contribution in [1.29, 1.82) is 0 Å². The molecule has 1 nitrogen and oxygen atoms in total. The summed E-state index contributed by atoms with van der Waals surface area (Å²) in [5, 5.41) is 2.70. The molecule has 5 heteroatoms. The maximum absolute atomic E-state index is 13.6. The van der Waals surface area contributed by atoms with Gasteiger partial charge in [-0.05, 0) is 23.0 Å². The summed E-state index contributed by atoms with van der Waals surface area (Å²) in [7, 11) is 4.75. The van der Waals surface area contributed by atoms with E-state index in [0.717, 1.165) is 10.9 Å². The predicted octanol–water partition coefficient (Wildman–Crippen LogP) is 1.90. The highest BCUT2D eigenvalue weighted by molar-refractivity contribution is 7.27. The number of hydrogen-bond acceptors (Lipinski definition) is 1. The summed E-state index contributed by atoms with van der Waals surface area (Å²) < 4.78 is 26.6. The molecule has 2 rings (SSSR count). The number of benzene rings is 1. The molecule has 4 atom stereocenters. The maximum atomic E-state index is 13.6. The van der Waals surface area contributed by atoms with Gasteiger partial charge >= 0.3 is 0 Å². The first-order valence-corrected chi connectivity index (χ1v) is 5.89. The molecule has 1 aliphatic heterocycles. The van der Waals surface area contributed by atoms with Crippen LogP contribution in [0.25, 0.3) is 0 Å². The molecule has 82 valence electrons. The first kappa shape index (κ1) is 11.4. The lowest BCUT2D eigenvalue weighted by Gasteiger charge is -2.14. The summed E-state index contributed by atoms with van der Waals surface area (Å²) in [5.41, 5.74) is 0.821. The Bertz CT molecular complexity index is 382. The summed E-state index contributed by atoms with van der Waals surface area (Å²) >= 11 is 0. The van der Waals surface area contributed by atoms with Gasteiger partial charge in [0.2, 0.25) is 0 Å². The van der Waals surface area contributed by atoms with Gasteiger partial charge in [-0.3, -0.25) is 0 Å². The zero-order chi connectivity index (χ0) is 11.1. The van der Waals surface area contributed by atoms with E-state index in [1.54, 1.807) is 6.07 Å². The second-order valence-electron chi connectivity index (χ2n) is 3.95. The van der Waals surface area contributed by atoms with Gasteiger partial charge in [0, 0.05) is 19.0 Å². The Morgan fingerprint density at radius 3 is 2.80 bits per heavy atom. The first-order chi connectivity index (χ1) is 6.98. The van der Waals surface area contributed by atoms with E-state index in [0.29, 0.717) is 13.0 Å². The van der Waals surface area contributed by atoms with Gasteiger partial charge in [-0.2, -0.15) is 0 Å². The normalized spacial score (nSPS) is 30.8. The van der Waals surface area contributed by atoms with E-state index in [1.165, 1.54) is 12.1 Å². The van der Waals surface area contributed by atoms with E-state index < -0.39 is 5.41 Å². The average molecular weight is 247 g/mol. The van der Waals surface area contributed by atoms with Gasteiger partial charge in [0.1, 0.15) is 11.2 Å². The van der Waals surface area contributed by atoms with Crippen molar-refractivity contribution in [2.45, 2.75) is 17.9 Å². The number of halogens is 2. The second kappa shape index (κ2) is 4.05. The van der Waals surface area contributed by atoms with Crippen molar-refractivity contribution in [3.8, 4) is 0 Å². The highest BCUT2D eigenvalue weighted by Crippen LogP contribution is 2.37. The Morgan fingerprint density at radius 1 is 1.47 bits per heavy atom. The molecule has 1 aliphatic rings. The van der Waals surface area contributed by atoms with Crippen LogP contribution >= 0.6 is 18.5 Å². The Morgan fingerprint density at radius 2 is 2.20 bits per heavy atom. The fraction of sp³-hybridized carbons (Fsp3) is 0.400. The third-order valence-electron chi connectivity index (χ3n) is 2.61. The first-order valence-electron chi connectivity index (χ1n) is 4.74. The number of hydrogen-bond donors (Lipinski definition) is 1. The lowest BCUT2D eigenvalue weighted by molar-refractivity contribution is 0.310. The molecule has 1 aromatic carbocycles. The molecule has 0 aliphatic carbocycles. The molecular formula is C10H13F2NP2. The highest BCUT2D eigenvalue weighted by Gasteiger charge is 2.36. The monoisotopic (exact) mass is 247 g/mol. The summed E-state index contributed by atoms with van der Waals surface area (Å²) in [5.74, 6) is -0.280. The van der Waals surface area contributed by atoms with Crippen molar-refractivity contribution in [3.05, 3.63) is 29.6 Å². The third-order valence-corrected chi connectivity index (χ3v) is 3.58. The van der Waals surface area contributed by atoms with Crippen LogP contribution < -0.4 is 10.6 Å². The number of alkyl halides is 1. The quantitative estimate of drug-likeness (QED) is 0.747. The second-order valence-corrected chi connectivity index (χ2v) is 5.60. The minimum absolute atomic E-state index is 0.101.